The molecule has 0 aliphatic carbocycles. The van der Waals surface area contributed by atoms with E-state index in [9.17, 15) is 4.39 Å². The van der Waals surface area contributed by atoms with Crippen molar-refractivity contribution in [1.29, 1.82) is 0 Å². The van der Waals surface area contributed by atoms with E-state index in [1.54, 1.807) is 12.3 Å². The minimum atomic E-state index is -0.352. The van der Waals surface area contributed by atoms with Crippen LogP contribution in [0, 0.1) is 11.7 Å². The highest BCUT2D eigenvalue weighted by Gasteiger charge is 2.13. The second-order valence-electron chi connectivity index (χ2n) is 4.78. The second-order valence-corrected chi connectivity index (χ2v) is 4.78. The summed E-state index contributed by atoms with van der Waals surface area (Å²) >= 11 is 0. The number of aromatic nitrogens is 3. The van der Waals surface area contributed by atoms with E-state index >= 15 is 0 Å². The molecule has 0 bridgehead atoms. The van der Waals surface area contributed by atoms with Crippen LogP contribution >= 0.6 is 0 Å². The molecule has 0 aliphatic rings. The first-order valence-corrected chi connectivity index (χ1v) is 5.98. The molecule has 3 N–H and O–H groups in total. The Hall–Kier alpha value is -1.75. The average Bonchev–Trinajstić information content (AvgIpc) is 2.78. The highest BCUT2D eigenvalue weighted by molar-refractivity contribution is 5.52. The summed E-state index contributed by atoms with van der Waals surface area (Å²) in [7, 11) is 0. The molecule has 0 aromatic carbocycles. The van der Waals surface area contributed by atoms with Gasteiger partial charge in [-0.1, -0.05) is 13.8 Å². The zero-order valence-electron chi connectivity index (χ0n) is 10.5. The fourth-order valence-corrected chi connectivity index (χ4v) is 1.81. The number of nitrogens with one attached hydrogen (secondary N) is 1. The predicted octanol–water partition coefficient (Wildman–Crippen LogP) is 2.66. The van der Waals surface area contributed by atoms with Crippen molar-refractivity contribution in [3.63, 3.8) is 0 Å². The van der Waals surface area contributed by atoms with Gasteiger partial charge in [0, 0.05) is 0 Å². The normalized spacial score (nSPS) is 12.9. The molecular formula is C13H17FN4. The fourth-order valence-electron chi connectivity index (χ4n) is 1.81. The molecule has 1 unspecified atom stereocenters. The van der Waals surface area contributed by atoms with E-state index in [1.807, 2.05) is 0 Å². The molecule has 0 spiro atoms. The van der Waals surface area contributed by atoms with Gasteiger partial charge in [-0.05, 0) is 24.5 Å². The Morgan fingerprint density at radius 2 is 2.06 bits per heavy atom. The summed E-state index contributed by atoms with van der Waals surface area (Å²) in [5.41, 5.74) is 7.45. The zero-order chi connectivity index (χ0) is 13.1. The number of hydrogen-bond acceptors (Lipinski definition) is 3. The van der Waals surface area contributed by atoms with Gasteiger partial charge in [0.2, 0.25) is 0 Å². The van der Waals surface area contributed by atoms with Gasteiger partial charge in [-0.15, -0.1) is 0 Å². The van der Waals surface area contributed by atoms with Crippen LogP contribution in [0.15, 0.2) is 24.5 Å². The molecule has 0 aliphatic heterocycles. The Morgan fingerprint density at radius 3 is 2.67 bits per heavy atom. The maximum Gasteiger partial charge on any atom is 0.141 e. The summed E-state index contributed by atoms with van der Waals surface area (Å²) in [5.74, 6) is 0.900. The van der Waals surface area contributed by atoms with Crippen molar-refractivity contribution in [3.05, 3.63) is 36.2 Å². The van der Waals surface area contributed by atoms with Crippen LogP contribution in [0.4, 0.5) is 4.39 Å². The third-order valence-corrected chi connectivity index (χ3v) is 2.68. The van der Waals surface area contributed by atoms with E-state index in [-0.39, 0.29) is 11.9 Å². The first-order chi connectivity index (χ1) is 8.56. The average molecular weight is 248 g/mol. The van der Waals surface area contributed by atoms with E-state index in [4.69, 9.17) is 5.73 Å². The first kappa shape index (κ1) is 12.7. The molecule has 0 radical (unpaired) electrons. The Morgan fingerprint density at radius 1 is 1.28 bits per heavy atom. The number of halogens is 1. The van der Waals surface area contributed by atoms with Crippen molar-refractivity contribution in [2.75, 3.05) is 0 Å². The lowest BCUT2D eigenvalue weighted by Crippen LogP contribution is -2.14. The number of nitrogens with two attached hydrogens (primary N) is 1. The number of rotatable bonds is 4. The summed E-state index contributed by atoms with van der Waals surface area (Å²) < 4.78 is 12.8. The molecule has 0 fully saturated rings. The molecule has 96 valence electrons. The molecule has 0 saturated carbocycles. The Labute approximate surface area is 105 Å². The number of H-pyrrole nitrogens is 1. The lowest BCUT2D eigenvalue weighted by atomic mass is 10.0. The van der Waals surface area contributed by atoms with Crippen LogP contribution in [0.1, 0.15) is 32.1 Å². The SMILES string of the molecule is CC(C)CC(N)c1ncc(-c2ccc(F)cn2)[nH]1. The Kier molecular flexibility index (Phi) is 3.72. The molecule has 18 heavy (non-hydrogen) atoms. The summed E-state index contributed by atoms with van der Waals surface area (Å²) in [5, 5.41) is 0. The van der Waals surface area contributed by atoms with Gasteiger partial charge in [-0.3, -0.25) is 4.98 Å². The molecule has 1 atom stereocenters. The summed E-state index contributed by atoms with van der Waals surface area (Å²) in [6, 6.07) is 2.87. The number of nitrogens with zero attached hydrogens (tertiary/aromatic N) is 2. The smallest absolute Gasteiger partial charge is 0.141 e. The topological polar surface area (TPSA) is 67.6 Å². The van der Waals surface area contributed by atoms with Gasteiger partial charge in [-0.25, -0.2) is 9.37 Å². The second kappa shape index (κ2) is 5.27. The van der Waals surface area contributed by atoms with Crippen LogP contribution in [0.2, 0.25) is 0 Å². The van der Waals surface area contributed by atoms with Gasteiger partial charge in [0.05, 0.1) is 29.8 Å². The van der Waals surface area contributed by atoms with Crippen molar-refractivity contribution < 1.29 is 4.39 Å². The number of aromatic amines is 1. The van der Waals surface area contributed by atoms with Crippen LogP contribution in [0.3, 0.4) is 0 Å². The third-order valence-electron chi connectivity index (χ3n) is 2.68. The molecule has 0 amide bonds. The van der Waals surface area contributed by atoms with Gasteiger partial charge in [0.15, 0.2) is 0 Å². The molecule has 0 saturated heterocycles. The van der Waals surface area contributed by atoms with Gasteiger partial charge < -0.3 is 10.7 Å². The number of hydrogen-bond donors (Lipinski definition) is 2. The van der Waals surface area contributed by atoms with Crippen LogP contribution in [-0.4, -0.2) is 15.0 Å². The lowest BCUT2D eigenvalue weighted by molar-refractivity contribution is 0.496. The van der Waals surface area contributed by atoms with E-state index < -0.39 is 0 Å². The largest absolute Gasteiger partial charge is 0.339 e. The quantitative estimate of drug-likeness (QED) is 0.874. The van der Waals surface area contributed by atoms with Gasteiger partial charge in [-0.2, -0.15) is 0 Å². The van der Waals surface area contributed by atoms with Crippen molar-refractivity contribution in [2.24, 2.45) is 11.7 Å². The van der Waals surface area contributed by atoms with Crippen LogP contribution in [0.25, 0.3) is 11.4 Å². The van der Waals surface area contributed by atoms with Crippen LogP contribution in [0.5, 0.6) is 0 Å². The van der Waals surface area contributed by atoms with E-state index in [2.05, 4.69) is 28.8 Å². The van der Waals surface area contributed by atoms with Crippen molar-refractivity contribution in [1.82, 2.24) is 15.0 Å². The third kappa shape index (κ3) is 2.92. The van der Waals surface area contributed by atoms with Gasteiger partial charge in [0.25, 0.3) is 0 Å². The van der Waals surface area contributed by atoms with Gasteiger partial charge in [0.1, 0.15) is 11.6 Å². The molecule has 2 heterocycles. The van der Waals surface area contributed by atoms with Gasteiger partial charge >= 0.3 is 0 Å². The minimum Gasteiger partial charge on any atom is -0.339 e. The van der Waals surface area contributed by atoms with Crippen molar-refractivity contribution in [3.8, 4) is 11.4 Å². The monoisotopic (exact) mass is 248 g/mol. The molecule has 2 aromatic heterocycles. The number of imidazole rings is 1. The Balaban J connectivity index is 2.17. The van der Waals surface area contributed by atoms with E-state index in [0.717, 1.165) is 17.9 Å². The summed E-state index contributed by atoms with van der Waals surface area (Å²) in [6.07, 6.45) is 3.73. The van der Waals surface area contributed by atoms with Crippen LogP contribution < -0.4 is 5.73 Å². The Bertz CT molecular complexity index is 504. The molecule has 4 nitrogen and oxygen atoms in total. The lowest BCUT2D eigenvalue weighted by Gasteiger charge is -2.10. The summed E-state index contributed by atoms with van der Waals surface area (Å²) in [6.45, 7) is 4.23. The van der Waals surface area contributed by atoms with Crippen molar-refractivity contribution >= 4 is 0 Å². The minimum absolute atomic E-state index is 0.112. The predicted molar refractivity (Wildman–Crippen MR) is 68.2 cm³/mol. The highest BCUT2D eigenvalue weighted by atomic mass is 19.1. The van der Waals surface area contributed by atoms with Crippen molar-refractivity contribution in [2.45, 2.75) is 26.3 Å². The first-order valence-electron chi connectivity index (χ1n) is 5.98. The molecule has 2 aromatic rings. The van der Waals surface area contributed by atoms with E-state index in [1.165, 1.54) is 12.3 Å². The van der Waals surface area contributed by atoms with Crippen LogP contribution in [-0.2, 0) is 0 Å². The molecule has 5 heteroatoms. The molecular weight excluding hydrogens is 231 g/mol. The number of pyridine rings is 1. The highest BCUT2D eigenvalue weighted by Crippen LogP contribution is 2.20. The molecule has 2 rings (SSSR count). The maximum absolute atomic E-state index is 12.8. The van der Waals surface area contributed by atoms with E-state index in [0.29, 0.717) is 11.6 Å². The zero-order valence-corrected chi connectivity index (χ0v) is 10.5. The summed E-state index contributed by atoms with van der Waals surface area (Å²) in [4.78, 5) is 11.4. The fraction of sp³-hybridized carbons (Fsp3) is 0.385. The maximum atomic E-state index is 12.8. The standard InChI is InChI=1S/C13H17FN4/c1-8(2)5-10(15)13-17-7-12(18-13)11-4-3-9(14)6-16-11/h3-4,6-8,10H,5,15H2,1-2H3,(H,17,18).